The first kappa shape index (κ1) is 15.0. The number of hydrogen-bond acceptors (Lipinski definition) is 2. The Morgan fingerprint density at radius 2 is 2.00 bits per heavy atom. The first-order chi connectivity index (χ1) is 8.99. The summed E-state index contributed by atoms with van der Waals surface area (Å²) in [6.45, 7) is 7.40. The Bertz CT molecular complexity index is 431. The molecule has 0 unspecified atom stereocenters. The highest BCUT2D eigenvalue weighted by Gasteiger charge is 2.33. The Hall–Kier alpha value is -0.350. The van der Waals surface area contributed by atoms with Gasteiger partial charge in [0.1, 0.15) is 0 Å². The molecule has 4 heteroatoms. The van der Waals surface area contributed by atoms with Gasteiger partial charge in [-0.1, -0.05) is 13.3 Å². The predicted octanol–water partition coefficient (Wildman–Crippen LogP) is 3.81. The number of nitrogens with two attached hydrogens (primary N) is 1. The first-order valence-corrected chi connectivity index (χ1v) is 8.29. The zero-order chi connectivity index (χ0) is 14.0. The summed E-state index contributed by atoms with van der Waals surface area (Å²) < 4.78 is 3.25. The Morgan fingerprint density at radius 3 is 2.53 bits per heavy atom. The van der Waals surface area contributed by atoms with Crippen molar-refractivity contribution in [2.45, 2.75) is 71.4 Å². The van der Waals surface area contributed by atoms with E-state index in [1.54, 1.807) is 0 Å². The van der Waals surface area contributed by atoms with Gasteiger partial charge in [0.15, 0.2) is 0 Å². The molecule has 1 heterocycles. The fourth-order valence-corrected chi connectivity index (χ4v) is 3.63. The van der Waals surface area contributed by atoms with Crippen molar-refractivity contribution in [1.29, 1.82) is 0 Å². The lowest BCUT2D eigenvalue weighted by molar-refractivity contribution is 0.225. The molecule has 1 saturated carbocycles. The molecule has 0 aliphatic heterocycles. The van der Waals surface area contributed by atoms with Gasteiger partial charge in [0.05, 0.1) is 15.9 Å². The molecule has 3 nitrogen and oxygen atoms in total. The molecule has 1 aliphatic carbocycles. The smallest absolute Gasteiger partial charge is 0.0738 e. The third-order valence-corrected chi connectivity index (χ3v) is 5.68. The van der Waals surface area contributed by atoms with Gasteiger partial charge in [-0.3, -0.25) is 4.68 Å². The number of nitrogens with zero attached hydrogens (tertiary/aromatic N) is 2. The molecule has 1 aliphatic rings. The fraction of sp³-hybridized carbons (Fsp3) is 0.800. The number of halogens is 1. The van der Waals surface area contributed by atoms with Gasteiger partial charge >= 0.3 is 0 Å². The van der Waals surface area contributed by atoms with Crippen molar-refractivity contribution >= 4 is 15.9 Å². The van der Waals surface area contributed by atoms with Crippen LogP contribution in [-0.4, -0.2) is 15.3 Å². The Balaban J connectivity index is 2.13. The molecule has 0 spiro atoms. The second-order valence-electron chi connectivity index (χ2n) is 6.05. The SMILES string of the molecule is CCC1CCC(N)(Cc2c(Br)c(C)nn2CC)CC1. The molecule has 0 amide bonds. The molecule has 1 aromatic rings. The number of aromatic nitrogens is 2. The van der Waals surface area contributed by atoms with E-state index in [9.17, 15) is 0 Å². The lowest BCUT2D eigenvalue weighted by Crippen LogP contribution is -2.45. The molecule has 0 radical (unpaired) electrons. The summed E-state index contributed by atoms with van der Waals surface area (Å²) in [7, 11) is 0. The van der Waals surface area contributed by atoms with Crippen LogP contribution < -0.4 is 5.73 Å². The lowest BCUT2D eigenvalue weighted by atomic mass is 9.74. The van der Waals surface area contributed by atoms with Crippen LogP contribution in [0.5, 0.6) is 0 Å². The van der Waals surface area contributed by atoms with Crippen LogP contribution in [0.3, 0.4) is 0 Å². The number of rotatable bonds is 4. The predicted molar refractivity (Wildman–Crippen MR) is 83.2 cm³/mol. The topological polar surface area (TPSA) is 43.8 Å². The Kier molecular flexibility index (Phi) is 4.72. The normalized spacial score (nSPS) is 27.7. The minimum absolute atomic E-state index is 0.0341. The van der Waals surface area contributed by atoms with Crippen LogP contribution in [0.2, 0.25) is 0 Å². The average molecular weight is 328 g/mol. The van der Waals surface area contributed by atoms with Crippen molar-refractivity contribution in [3.8, 4) is 0 Å². The summed E-state index contributed by atoms with van der Waals surface area (Å²) in [5, 5.41) is 4.57. The highest BCUT2D eigenvalue weighted by Crippen LogP contribution is 2.36. The molecule has 19 heavy (non-hydrogen) atoms. The van der Waals surface area contributed by atoms with Crippen molar-refractivity contribution < 1.29 is 0 Å². The van der Waals surface area contributed by atoms with Crippen molar-refractivity contribution in [1.82, 2.24) is 9.78 Å². The summed E-state index contributed by atoms with van der Waals surface area (Å²) in [5.74, 6) is 0.887. The molecular formula is C15H26BrN3. The average Bonchev–Trinajstić information content (AvgIpc) is 2.67. The molecule has 0 aromatic carbocycles. The zero-order valence-electron chi connectivity index (χ0n) is 12.4. The minimum Gasteiger partial charge on any atom is -0.325 e. The van der Waals surface area contributed by atoms with E-state index in [2.05, 4.69) is 46.5 Å². The van der Waals surface area contributed by atoms with Crippen LogP contribution in [0.1, 0.15) is 57.3 Å². The summed E-state index contributed by atoms with van der Waals surface area (Å²) >= 11 is 3.68. The lowest BCUT2D eigenvalue weighted by Gasteiger charge is -2.37. The molecule has 2 rings (SSSR count). The molecule has 0 bridgehead atoms. The summed E-state index contributed by atoms with van der Waals surface area (Å²) in [6, 6.07) is 0. The minimum atomic E-state index is -0.0341. The van der Waals surface area contributed by atoms with Gasteiger partial charge in [0, 0.05) is 18.5 Å². The molecule has 1 aromatic heterocycles. The standard InChI is InChI=1S/C15H26BrN3/c1-4-12-6-8-15(17,9-7-12)10-13-14(16)11(3)18-19(13)5-2/h12H,4-10,17H2,1-3H3. The fourth-order valence-electron chi connectivity index (χ4n) is 3.21. The summed E-state index contributed by atoms with van der Waals surface area (Å²) in [5.41, 5.74) is 8.96. The maximum Gasteiger partial charge on any atom is 0.0738 e. The zero-order valence-corrected chi connectivity index (χ0v) is 14.0. The van der Waals surface area contributed by atoms with Gasteiger partial charge in [-0.15, -0.1) is 0 Å². The van der Waals surface area contributed by atoms with Gasteiger partial charge in [0.2, 0.25) is 0 Å². The maximum atomic E-state index is 6.65. The molecule has 1 fully saturated rings. The van der Waals surface area contributed by atoms with Crippen LogP contribution in [0.4, 0.5) is 0 Å². The third kappa shape index (κ3) is 3.22. The molecule has 0 atom stereocenters. The van der Waals surface area contributed by atoms with Gasteiger partial charge in [-0.25, -0.2) is 0 Å². The summed E-state index contributed by atoms with van der Waals surface area (Å²) in [6.07, 6.45) is 7.09. The quantitative estimate of drug-likeness (QED) is 0.913. The monoisotopic (exact) mass is 327 g/mol. The number of hydrogen-bond donors (Lipinski definition) is 1. The van der Waals surface area contributed by atoms with E-state index in [-0.39, 0.29) is 5.54 Å². The van der Waals surface area contributed by atoms with E-state index in [4.69, 9.17) is 5.73 Å². The van der Waals surface area contributed by atoms with Crippen LogP contribution >= 0.6 is 15.9 Å². The van der Waals surface area contributed by atoms with E-state index in [0.717, 1.165) is 41.9 Å². The highest BCUT2D eigenvalue weighted by molar-refractivity contribution is 9.10. The van der Waals surface area contributed by atoms with Crippen LogP contribution in [0.25, 0.3) is 0 Å². The van der Waals surface area contributed by atoms with Crippen molar-refractivity contribution in [2.24, 2.45) is 11.7 Å². The second kappa shape index (κ2) is 5.96. The van der Waals surface area contributed by atoms with E-state index >= 15 is 0 Å². The van der Waals surface area contributed by atoms with Gasteiger partial charge in [0.25, 0.3) is 0 Å². The third-order valence-electron chi connectivity index (χ3n) is 4.65. The van der Waals surface area contributed by atoms with Crippen LogP contribution in [0.15, 0.2) is 4.47 Å². The summed E-state index contributed by atoms with van der Waals surface area (Å²) in [4.78, 5) is 0. The van der Waals surface area contributed by atoms with Gasteiger partial charge in [-0.2, -0.15) is 5.10 Å². The van der Waals surface area contributed by atoms with E-state index in [1.165, 1.54) is 25.0 Å². The van der Waals surface area contributed by atoms with Gasteiger partial charge < -0.3 is 5.73 Å². The molecular weight excluding hydrogens is 302 g/mol. The van der Waals surface area contributed by atoms with Gasteiger partial charge in [-0.05, 0) is 61.4 Å². The van der Waals surface area contributed by atoms with Crippen LogP contribution in [0, 0.1) is 12.8 Å². The second-order valence-corrected chi connectivity index (χ2v) is 6.85. The van der Waals surface area contributed by atoms with Crippen molar-refractivity contribution in [3.63, 3.8) is 0 Å². The molecule has 0 saturated heterocycles. The largest absolute Gasteiger partial charge is 0.325 e. The van der Waals surface area contributed by atoms with E-state index < -0.39 is 0 Å². The Morgan fingerprint density at radius 1 is 1.37 bits per heavy atom. The van der Waals surface area contributed by atoms with E-state index in [0.29, 0.717) is 0 Å². The Labute approximate surface area is 125 Å². The highest BCUT2D eigenvalue weighted by atomic mass is 79.9. The molecule has 2 N–H and O–H groups in total. The number of aryl methyl sites for hydroxylation is 2. The molecule has 108 valence electrons. The van der Waals surface area contributed by atoms with Crippen molar-refractivity contribution in [2.75, 3.05) is 0 Å². The maximum absolute atomic E-state index is 6.65. The van der Waals surface area contributed by atoms with Crippen molar-refractivity contribution in [3.05, 3.63) is 15.9 Å². The van der Waals surface area contributed by atoms with Crippen LogP contribution in [-0.2, 0) is 13.0 Å². The first-order valence-electron chi connectivity index (χ1n) is 7.49. The van der Waals surface area contributed by atoms with E-state index in [1.807, 2.05) is 0 Å².